The van der Waals surface area contributed by atoms with Gasteiger partial charge in [0, 0.05) is 23.1 Å². The minimum Gasteiger partial charge on any atom is -0.358 e. The summed E-state index contributed by atoms with van der Waals surface area (Å²) in [5.41, 5.74) is 3.48. The Hall–Kier alpha value is -2.28. The zero-order valence-corrected chi connectivity index (χ0v) is 11.9. The summed E-state index contributed by atoms with van der Waals surface area (Å²) >= 11 is 0. The van der Waals surface area contributed by atoms with E-state index in [4.69, 9.17) is 5.26 Å². The minimum atomic E-state index is -0.543. The van der Waals surface area contributed by atoms with Crippen molar-refractivity contribution in [2.24, 2.45) is 5.92 Å². The molecule has 4 heteroatoms. The topological polar surface area (TPSA) is 68.7 Å². The average Bonchev–Trinajstić information content (AvgIpc) is 2.76. The van der Waals surface area contributed by atoms with Gasteiger partial charge >= 0.3 is 0 Å². The number of nitriles is 1. The van der Waals surface area contributed by atoms with Gasteiger partial charge in [-0.15, -0.1) is 0 Å². The summed E-state index contributed by atoms with van der Waals surface area (Å²) in [7, 11) is 0. The standard InChI is InChI=1S/C16H19N3O/c1-3-12(10-17)16(20)18-9-8-13-11(2)19-15-7-5-4-6-14(13)15/h4-7,12,19H,3,8-9H2,1-2H3,(H,18,20). The van der Waals surface area contributed by atoms with Gasteiger partial charge < -0.3 is 10.3 Å². The molecule has 1 aromatic carbocycles. The first-order chi connectivity index (χ1) is 9.67. The van der Waals surface area contributed by atoms with E-state index >= 15 is 0 Å². The van der Waals surface area contributed by atoms with Crippen LogP contribution < -0.4 is 5.32 Å². The van der Waals surface area contributed by atoms with Crippen molar-refractivity contribution in [1.82, 2.24) is 10.3 Å². The molecule has 4 nitrogen and oxygen atoms in total. The predicted molar refractivity (Wildman–Crippen MR) is 79.1 cm³/mol. The summed E-state index contributed by atoms with van der Waals surface area (Å²) < 4.78 is 0. The highest BCUT2D eigenvalue weighted by atomic mass is 16.1. The van der Waals surface area contributed by atoms with Crippen LogP contribution >= 0.6 is 0 Å². The fraction of sp³-hybridized carbons (Fsp3) is 0.375. The number of rotatable bonds is 5. The Labute approximate surface area is 118 Å². The molecule has 0 saturated heterocycles. The molecule has 0 aliphatic carbocycles. The van der Waals surface area contributed by atoms with E-state index in [1.807, 2.05) is 38.1 Å². The summed E-state index contributed by atoms with van der Waals surface area (Å²) in [6.07, 6.45) is 1.32. The molecule has 1 aromatic heterocycles. The third kappa shape index (κ3) is 2.83. The first kappa shape index (κ1) is 14.1. The van der Waals surface area contributed by atoms with Gasteiger partial charge in [-0.1, -0.05) is 25.1 Å². The van der Waals surface area contributed by atoms with Crippen molar-refractivity contribution >= 4 is 16.8 Å². The molecule has 104 valence electrons. The maximum Gasteiger partial charge on any atom is 0.237 e. The fourth-order valence-corrected chi connectivity index (χ4v) is 2.43. The molecule has 0 radical (unpaired) electrons. The van der Waals surface area contributed by atoms with Crippen molar-refractivity contribution < 1.29 is 4.79 Å². The Bertz CT molecular complexity index is 651. The number of nitrogens with one attached hydrogen (secondary N) is 2. The van der Waals surface area contributed by atoms with Crippen LogP contribution in [0.25, 0.3) is 10.9 Å². The molecule has 0 aliphatic heterocycles. The number of aromatic nitrogens is 1. The monoisotopic (exact) mass is 269 g/mol. The summed E-state index contributed by atoms with van der Waals surface area (Å²) in [6.45, 7) is 4.44. The zero-order valence-electron chi connectivity index (χ0n) is 11.9. The summed E-state index contributed by atoms with van der Waals surface area (Å²) in [6, 6.07) is 10.2. The lowest BCUT2D eigenvalue weighted by Crippen LogP contribution is -2.31. The fourth-order valence-electron chi connectivity index (χ4n) is 2.43. The Kier molecular flexibility index (Phi) is 4.41. The summed E-state index contributed by atoms with van der Waals surface area (Å²) in [5, 5.41) is 12.9. The first-order valence-electron chi connectivity index (χ1n) is 6.90. The van der Waals surface area contributed by atoms with Gasteiger partial charge in [0.05, 0.1) is 6.07 Å². The lowest BCUT2D eigenvalue weighted by Gasteiger charge is -2.08. The van der Waals surface area contributed by atoms with E-state index in [2.05, 4.69) is 16.4 Å². The molecule has 2 rings (SSSR count). The van der Waals surface area contributed by atoms with Gasteiger partial charge in [0.1, 0.15) is 5.92 Å². The molecule has 0 spiro atoms. The van der Waals surface area contributed by atoms with E-state index in [9.17, 15) is 4.79 Å². The molecule has 0 aliphatic rings. The minimum absolute atomic E-state index is 0.174. The van der Waals surface area contributed by atoms with Gasteiger partial charge in [0.15, 0.2) is 0 Å². The molecule has 0 bridgehead atoms. The number of H-pyrrole nitrogens is 1. The number of hydrogen-bond donors (Lipinski definition) is 2. The Balaban J connectivity index is 2.02. The third-order valence-electron chi connectivity index (χ3n) is 3.58. The van der Waals surface area contributed by atoms with Crippen LogP contribution in [0.1, 0.15) is 24.6 Å². The van der Waals surface area contributed by atoms with Crippen molar-refractivity contribution in [2.45, 2.75) is 26.7 Å². The molecule has 1 atom stereocenters. The van der Waals surface area contributed by atoms with Gasteiger partial charge in [-0.05, 0) is 31.4 Å². The van der Waals surface area contributed by atoms with E-state index in [1.165, 1.54) is 10.9 Å². The second-order valence-corrected chi connectivity index (χ2v) is 4.91. The van der Waals surface area contributed by atoms with Gasteiger partial charge in [0.25, 0.3) is 0 Å². The van der Waals surface area contributed by atoms with E-state index in [0.29, 0.717) is 13.0 Å². The van der Waals surface area contributed by atoms with Crippen LogP contribution in [0.15, 0.2) is 24.3 Å². The number of para-hydroxylation sites is 1. The zero-order chi connectivity index (χ0) is 14.5. The summed E-state index contributed by atoms with van der Waals surface area (Å²) in [5.74, 6) is -0.716. The number of benzene rings is 1. The second kappa shape index (κ2) is 6.25. The van der Waals surface area contributed by atoms with Crippen molar-refractivity contribution in [1.29, 1.82) is 5.26 Å². The molecule has 2 N–H and O–H groups in total. The molecule has 0 fully saturated rings. The van der Waals surface area contributed by atoms with Gasteiger partial charge in [0.2, 0.25) is 5.91 Å². The van der Waals surface area contributed by atoms with Crippen LogP contribution in [0.5, 0.6) is 0 Å². The number of carbonyl (C=O) groups is 1. The average molecular weight is 269 g/mol. The van der Waals surface area contributed by atoms with E-state index < -0.39 is 5.92 Å². The predicted octanol–water partition coefficient (Wildman–Crippen LogP) is 2.68. The third-order valence-corrected chi connectivity index (χ3v) is 3.58. The van der Waals surface area contributed by atoms with Gasteiger partial charge in [-0.3, -0.25) is 4.79 Å². The number of fused-ring (bicyclic) bond motifs is 1. The molecule has 1 heterocycles. The Morgan fingerprint density at radius 2 is 2.20 bits per heavy atom. The molecular formula is C16H19N3O. The molecule has 0 saturated carbocycles. The van der Waals surface area contributed by atoms with E-state index in [1.54, 1.807) is 0 Å². The Morgan fingerprint density at radius 1 is 1.45 bits per heavy atom. The number of carbonyl (C=O) groups excluding carboxylic acids is 1. The van der Waals surface area contributed by atoms with Crippen molar-refractivity contribution in [3.05, 3.63) is 35.5 Å². The van der Waals surface area contributed by atoms with E-state index in [-0.39, 0.29) is 5.91 Å². The van der Waals surface area contributed by atoms with Crippen molar-refractivity contribution in [3.8, 4) is 6.07 Å². The number of nitrogens with zero attached hydrogens (tertiary/aromatic N) is 1. The number of aryl methyl sites for hydroxylation is 1. The maximum absolute atomic E-state index is 11.7. The second-order valence-electron chi connectivity index (χ2n) is 4.91. The number of aromatic amines is 1. The van der Waals surface area contributed by atoms with Crippen LogP contribution in [-0.4, -0.2) is 17.4 Å². The van der Waals surface area contributed by atoms with Crippen LogP contribution in [0.4, 0.5) is 0 Å². The number of hydrogen-bond acceptors (Lipinski definition) is 2. The first-order valence-corrected chi connectivity index (χ1v) is 6.90. The van der Waals surface area contributed by atoms with Crippen molar-refractivity contribution in [2.75, 3.05) is 6.54 Å². The lowest BCUT2D eigenvalue weighted by molar-refractivity contribution is -0.123. The van der Waals surface area contributed by atoms with Crippen molar-refractivity contribution in [3.63, 3.8) is 0 Å². The number of amides is 1. The highest BCUT2D eigenvalue weighted by Gasteiger charge is 2.15. The highest BCUT2D eigenvalue weighted by molar-refractivity contribution is 5.85. The smallest absolute Gasteiger partial charge is 0.237 e. The Morgan fingerprint density at radius 3 is 2.90 bits per heavy atom. The van der Waals surface area contributed by atoms with Crippen LogP contribution in [0.3, 0.4) is 0 Å². The van der Waals surface area contributed by atoms with Gasteiger partial charge in [-0.2, -0.15) is 5.26 Å². The van der Waals surface area contributed by atoms with Crippen LogP contribution in [0, 0.1) is 24.2 Å². The SMILES string of the molecule is CCC(C#N)C(=O)NCCc1c(C)[nH]c2ccccc12. The van der Waals surface area contributed by atoms with Gasteiger partial charge in [-0.25, -0.2) is 0 Å². The largest absolute Gasteiger partial charge is 0.358 e. The van der Waals surface area contributed by atoms with Crippen LogP contribution in [-0.2, 0) is 11.2 Å². The quantitative estimate of drug-likeness (QED) is 0.876. The molecule has 1 unspecified atom stereocenters. The van der Waals surface area contributed by atoms with E-state index in [0.717, 1.165) is 17.6 Å². The molecule has 20 heavy (non-hydrogen) atoms. The molecular weight excluding hydrogens is 250 g/mol. The summed E-state index contributed by atoms with van der Waals surface area (Å²) in [4.78, 5) is 15.1. The molecule has 2 aromatic rings. The normalized spacial score (nSPS) is 12.1. The highest BCUT2D eigenvalue weighted by Crippen LogP contribution is 2.21. The maximum atomic E-state index is 11.7. The molecule has 1 amide bonds. The van der Waals surface area contributed by atoms with Crippen LogP contribution in [0.2, 0.25) is 0 Å². The lowest BCUT2D eigenvalue weighted by atomic mass is 10.1.